The van der Waals surface area contributed by atoms with Crippen LogP contribution in [-0.4, -0.2) is 191 Å². The molecule has 1 aromatic carbocycles. The Morgan fingerprint density at radius 1 is 0.716 bits per heavy atom. The molecule has 74 heavy (non-hydrogen) atoms. The maximum absolute atomic E-state index is 14.5. The number of rotatable bonds is 28. The third kappa shape index (κ3) is 16.2. The van der Waals surface area contributed by atoms with Gasteiger partial charge in [-0.15, -0.1) is 0 Å². The predicted octanol–water partition coefficient (Wildman–Crippen LogP) is -5.86. The number of carboxylic acid groups (broad SMARTS) is 1. The first-order valence-corrected chi connectivity index (χ1v) is 23.8. The number of nitrogens with two attached hydrogens (primary N) is 2. The summed E-state index contributed by atoms with van der Waals surface area (Å²) >= 11 is 0. The Morgan fingerprint density at radius 2 is 1.30 bits per heavy atom. The van der Waals surface area contributed by atoms with Crippen molar-refractivity contribution in [2.45, 2.75) is 133 Å². The van der Waals surface area contributed by atoms with E-state index >= 15 is 0 Å². The molecular formula is C46H67N13O15. The number of aliphatic carboxylic acids is 1. The molecule has 0 spiro atoms. The Kier molecular flexibility index (Phi) is 21.9. The molecule has 28 nitrogen and oxygen atoms in total. The highest BCUT2D eigenvalue weighted by Crippen LogP contribution is 2.23. The highest BCUT2D eigenvalue weighted by atomic mass is 16.4. The van der Waals surface area contributed by atoms with E-state index in [9.17, 15) is 73.5 Å². The van der Waals surface area contributed by atoms with Gasteiger partial charge < -0.3 is 89.1 Å². The molecule has 1 saturated heterocycles. The monoisotopic (exact) mass is 1040 g/mol. The molecule has 0 saturated carbocycles. The number of aromatic amines is 2. The summed E-state index contributed by atoms with van der Waals surface area (Å²) in [4.78, 5) is 144. The van der Waals surface area contributed by atoms with Crippen LogP contribution in [0, 0.1) is 5.92 Å². The molecule has 0 bridgehead atoms. The van der Waals surface area contributed by atoms with Crippen LogP contribution in [0.25, 0.3) is 10.9 Å². The quantitative estimate of drug-likeness (QED) is 0.0322. The van der Waals surface area contributed by atoms with Crippen LogP contribution in [0.15, 0.2) is 43.0 Å². The number of H-pyrrole nitrogens is 2. The van der Waals surface area contributed by atoms with E-state index in [2.05, 4.69) is 52.2 Å². The lowest BCUT2D eigenvalue weighted by Crippen LogP contribution is -2.63. The van der Waals surface area contributed by atoms with Gasteiger partial charge in [0.1, 0.15) is 48.3 Å². The summed E-state index contributed by atoms with van der Waals surface area (Å²) in [6.07, 6.45) is 0.383. The van der Waals surface area contributed by atoms with Crippen molar-refractivity contribution >= 4 is 70.0 Å². The van der Waals surface area contributed by atoms with Gasteiger partial charge in [0.25, 0.3) is 0 Å². The fourth-order valence-corrected chi connectivity index (χ4v) is 8.02. The molecule has 0 aliphatic carbocycles. The van der Waals surface area contributed by atoms with Gasteiger partial charge in [-0.2, -0.15) is 0 Å². The fraction of sp³-hybridized carbons (Fsp3) is 0.543. The Bertz CT molecular complexity index is 2460. The maximum atomic E-state index is 14.5. The van der Waals surface area contributed by atoms with Gasteiger partial charge in [0, 0.05) is 54.8 Å². The number of fused-ring (bicyclic) bond motifs is 1. The number of likely N-dealkylation sites (tertiary alicyclic amines) is 1. The molecule has 406 valence electrons. The number of aliphatic hydroxyl groups is 4. The Balaban J connectivity index is 1.53. The zero-order chi connectivity index (χ0) is 55.0. The fourth-order valence-electron chi connectivity index (χ4n) is 8.02. The van der Waals surface area contributed by atoms with Crippen LogP contribution in [0.1, 0.15) is 64.6 Å². The van der Waals surface area contributed by atoms with E-state index < -0.39 is 151 Å². The summed E-state index contributed by atoms with van der Waals surface area (Å²) in [6.45, 7) is 3.71. The van der Waals surface area contributed by atoms with Crippen molar-refractivity contribution in [1.82, 2.24) is 57.1 Å². The first-order valence-electron chi connectivity index (χ1n) is 23.8. The highest BCUT2D eigenvalue weighted by molar-refractivity contribution is 5.99. The normalized spacial score (nSPS) is 17.5. The molecule has 1 aliphatic heterocycles. The van der Waals surface area contributed by atoms with Crippen molar-refractivity contribution in [2.75, 3.05) is 19.8 Å². The average molecular weight is 1040 g/mol. The zero-order valence-electron chi connectivity index (χ0n) is 41.2. The number of nitrogens with one attached hydrogen (secondary N) is 9. The van der Waals surface area contributed by atoms with Gasteiger partial charge in [-0.3, -0.25) is 43.2 Å². The molecule has 18 N–H and O–H groups in total. The minimum Gasteiger partial charge on any atom is -0.480 e. The smallest absolute Gasteiger partial charge is 0.328 e. The molecule has 28 heteroatoms. The van der Waals surface area contributed by atoms with Gasteiger partial charge in [0.2, 0.25) is 53.2 Å². The molecule has 0 unspecified atom stereocenters. The number of para-hydroxylation sites is 1. The van der Waals surface area contributed by atoms with Crippen LogP contribution in [0.4, 0.5) is 0 Å². The molecule has 4 rings (SSSR count). The van der Waals surface area contributed by atoms with E-state index in [4.69, 9.17) is 11.5 Å². The predicted molar refractivity (Wildman–Crippen MR) is 259 cm³/mol. The number of nitrogens with zero attached hydrogens (tertiary/aromatic N) is 2. The third-order valence-corrected chi connectivity index (χ3v) is 12.2. The largest absolute Gasteiger partial charge is 0.480 e. The molecule has 0 radical (unpaired) electrons. The van der Waals surface area contributed by atoms with Crippen molar-refractivity contribution < 1.29 is 73.5 Å². The number of carboxylic acids is 1. The summed E-state index contributed by atoms with van der Waals surface area (Å²) in [5.41, 5.74) is 12.4. The van der Waals surface area contributed by atoms with Gasteiger partial charge in [0.15, 0.2) is 6.04 Å². The van der Waals surface area contributed by atoms with Crippen LogP contribution in [-0.2, 0) is 60.8 Å². The second-order valence-electron chi connectivity index (χ2n) is 18.3. The first kappa shape index (κ1) is 59.0. The molecule has 3 aromatic rings. The van der Waals surface area contributed by atoms with Gasteiger partial charge in [-0.25, -0.2) is 9.78 Å². The van der Waals surface area contributed by atoms with E-state index in [0.717, 1.165) is 17.8 Å². The SMILES string of the molecule is CC(C)[C@H](NC(=O)[C@H](Cc1cnc[nH]1)NC(=O)[C@@H](NC(=O)[C@H](CO)NC(=O)[C@H](CCC(N)=O)NC(=O)[C@@H](N)CO)[C@@H](C)O)C(=O)N1CCC[C@H]1C(=O)N[C@@H](Cc1c[nH]c2ccccc12)C(=O)N[C@H](C(=O)O)[C@@H](C)O. The number of primary amides is 1. The molecular weight excluding hydrogens is 975 g/mol. The average Bonchev–Trinajstić information content (AvgIpc) is 4.15. The number of aliphatic hydroxyl groups excluding tert-OH is 4. The van der Waals surface area contributed by atoms with Crippen molar-refractivity contribution in [1.29, 1.82) is 0 Å². The number of benzene rings is 1. The first-order chi connectivity index (χ1) is 35.0. The van der Waals surface area contributed by atoms with Crippen molar-refractivity contribution in [3.63, 3.8) is 0 Å². The summed E-state index contributed by atoms with van der Waals surface area (Å²) < 4.78 is 0. The summed E-state index contributed by atoms with van der Waals surface area (Å²) in [7, 11) is 0. The number of hydrogen-bond acceptors (Lipinski definition) is 16. The van der Waals surface area contributed by atoms with Crippen LogP contribution < -0.4 is 48.7 Å². The van der Waals surface area contributed by atoms with Gasteiger partial charge >= 0.3 is 5.97 Å². The van der Waals surface area contributed by atoms with Crippen LogP contribution >= 0.6 is 0 Å². The third-order valence-electron chi connectivity index (χ3n) is 12.2. The Morgan fingerprint density at radius 3 is 1.88 bits per heavy atom. The number of aromatic nitrogens is 3. The lowest BCUT2D eigenvalue weighted by Gasteiger charge is -2.32. The Hall–Kier alpha value is -7.53. The van der Waals surface area contributed by atoms with E-state index in [1.165, 1.54) is 24.3 Å². The Labute approximate surface area is 423 Å². The van der Waals surface area contributed by atoms with E-state index in [1.807, 2.05) is 0 Å². The standard InChI is InChI=1S/C46H67N13O15/c1-21(2)35(45(72)59-13-7-10-33(59)43(70)53-30(40(67)58-37(23(4)63)46(73)74)14-24-16-50-28-9-6-5-8-26(24)28)56-41(68)31(15-25-17-49-20-51-25)54-44(71)36(22(3)62)57-42(69)32(19-61)55-39(66)29(11-12-34(48)64)52-38(65)27(47)18-60/h5-6,8-9,16-17,20-23,27,29-33,35-37,50,60-63H,7,10-15,18-19,47H2,1-4H3,(H2,48,64)(H,49,51)(H,52,65)(H,53,70)(H,54,71)(H,55,66)(H,56,68)(H,57,69)(H,58,67)(H,73,74)/t22-,23-,27+,29+,30+,31+,32+,33+,35+,36+,37+/m1/s1. The molecule has 3 heterocycles. The zero-order valence-corrected chi connectivity index (χ0v) is 41.2. The van der Waals surface area contributed by atoms with Crippen LogP contribution in [0.5, 0.6) is 0 Å². The lowest BCUT2D eigenvalue weighted by atomic mass is 10.00. The lowest BCUT2D eigenvalue weighted by molar-refractivity contribution is -0.146. The number of hydrogen-bond donors (Lipinski definition) is 16. The number of carbonyl (C=O) groups is 10. The van der Waals surface area contributed by atoms with E-state index in [-0.39, 0.29) is 32.2 Å². The van der Waals surface area contributed by atoms with Crippen molar-refractivity contribution in [3.8, 4) is 0 Å². The molecule has 2 aromatic heterocycles. The second kappa shape index (κ2) is 27.5. The van der Waals surface area contributed by atoms with Crippen LogP contribution in [0.3, 0.4) is 0 Å². The van der Waals surface area contributed by atoms with E-state index in [0.29, 0.717) is 17.7 Å². The van der Waals surface area contributed by atoms with Gasteiger partial charge in [0.05, 0.1) is 31.7 Å². The number of amides is 9. The molecule has 1 fully saturated rings. The summed E-state index contributed by atoms with van der Waals surface area (Å²) in [5, 5.41) is 67.3. The minimum absolute atomic E-state index is 0.0539. The molecule has 1 aliphatic rings. The van der Waals surface area contributed by atoms with Crippen molar-refractivity contribution in [3.05, 3.63) is 54.2 Å². The minimum atomic E-state index is -1.85. The number of imidazole rings is 1. The van der Waals surface area contributed by atoms with E-state index in [1.54, 1.807) is 44.3 Å². The van der Waals surface area contributed by atoms with Crippen molar-refractivity contribution in [2.24, 2.45) is 17.4 Å². The second-order valence-corrected chi connectivity index (χ2v) is 18.3. The summed E-state index contributed by atoms with van der Waals surface area (Å²) in [5.74, 6) is -10.8. The topological polar surface area (TPSA) is 456 Å². The van der Waals surface area contributed by atoms with Gasteiger partial charge in [-0.1, -0.05) is 32.0 Å². The molecule has 9 amide bonds. The maximum Gasteiger partial charge on any atom is 0.328 e. The summed E-state index contributed by atoms with van der Waals surface area (Å²) in [6, 6.07) is -6.67. The molecule has 11 atom stereocenters. The van der Waals surface area contributed by atoms with Crippen LogP contribution in [0.2, 0.25) is 0 Å². The number of carbonyl (C=O) groups excluding carboxylic acids is 9. The highest BCUT2D eigenvalue weighted by Gasteiger charge is 2.42. The van der Waals surface area contributed by atoms with Gasteiger partial charge in [-0.05, 0) is 50.7 Å².